The molecule has 6 nitrogen and oxygen atoms in total. The van der Waals surface area contributed by atoms with Crippen molar-refractivity contribution in [1.82, 2.24) is 10.3 Å². The summed E-state index contributed by atoms with van der Waals surface area (Å²) in [4.78, 5) is 27.9. The number of unbranched alkanes of at least 4 members (excludes halogenated alkanes) is 1. The number of amides is 2. The highest BCUT2D eigenvalue weighted by atomic mass is 35.5. The number of anilines is 2. The summed E-state index contributed by atoms with van der Waals surface area (Å²) < 4.78 is 13.1. The molecule has 3 rings (SSSR count). The van der Waals surface area contributed by atoms with Crippen molar-refractivity contribution in [3.63, 3.8) is 0 Å². The Morgan fingerprint density at radius 1 is 1.00 bits per heavy atom. The van der Waals surface area contributed by atoms with Crippen LogP contribution < -0.4 is 16.0 Å². The summed E-state index contributed by atoms with van der Waals surface area (Å²) >= 11 is 6.00. The first-order chi connectivity index (χ1) is 15.0. The van der Waals surface area contributed by atoms with Gasteiger partial charge in [0, 0.05) is 53.2 Å². The fraction of sp³-hybridized carbons (Fsp3) is 0.174. The first-order valence-corrected chi connectivity index (χ1v) is 10.2. The average molecular weight is 441 g/mol. The molecule has 0 aliphatic carbocycles. The normalized spacial score (nSPS) is 10.9. The van der Waals surface area contributed by atoms with Crippen LogP contribution in [0.15, 0.2) is 66.9 Å². The molecule has 0 saturated heterocycles. The minimum atomic E-state index is -0.504. The van der Waals surface area contributed by atoms with Crippen LogP contribution in [0.5, 0.6) is 0 Å². The van der Waals surface area contributed by atoms with Gasteiger partial charge in [0.1, 0.15) is 5.82 Å². The summed E-state index contributed by atoms with van der Waals surface area (Å²) in [6, 6.07) is 13.0. The number of pyridine rings is 1. The fourth-order valence-electron chi connectivity index (χ4n) is 2.92. The molecule has 2 amide bonds. The van der Waals surface area contributed by atoms with Crippen molar-refractivity contribution < 1.29 is 14.0 Å². The Balaban J connectivity index is 1.34. The number of aromatic nitrogens is 1. The minimum absolute atomic E-state index is 0.327. The van der Waals surface area contributed by atoms with Crippen LogP contribution in [0, 0.1) is 5.82 Å². The lowest BCUT2D eigenvalue weighted by atomic mass is 10.2. The number of rotatable bonds is 9. The van der Waals surface area contributed by atoms with E-state index in [0.717, 1.165) is 48.1 Å². The Bertz CT molecular complexity index is 1100. The maximum Gasteiger partial charge on any atom is 0.248 e. The van der Waals surface area contributed by atoms with Gasteiger partial charge in [0.15, 0.2) is 0 Å². The first-order valence-electron chi connectivity index (χ1n) is 9.82. The van der Waals surface area contributed by atoms with Crippen molar-refractivity contribution in [3.05, 3.63) is 77.7 Å². The maximum absolute atomic E-state index is 13.1. The summed E-state index contributed by atoms with van der Waals surface area (Å²) in [6.07, 6.45) is 5.63. The van der Waals surface area contributed by atoms with Crippen molar-refractivity contribution in [2.45, 2.75) is 12.8 Å². The van der Waals surface area contributed by atoms with E-state index in [-0.39, 0.29) is 5.91 Å². The van der Waals surface area contributed by atoms with E-state index < -0.39 is 11.7 Å². The smallest absolute Gasteiger partial charge is 0.248 e. The molecule has 3 aromatic rings. The minimum Gasteiger partial charge on any atom is -0.384 e. The van der Waals surface area contributed by atoms with Crippen LogP contribution in [-0.2, 0) is 9.59 Å². The lowest BCUT2D eigenvalue weighted by Crippen LogP contribution is -2.23. The molecule has 160 valence electrons. The van der Waals surface area contributed by atoms with E-state index in [0.29, 0.717) is 17.3 Å². The lowest BCUT2D eigenvalue weighted by Gasteiger charge is -2.09. The highest BCUT2D eigenvalue weighted by Crippen LogP contribution is 2.24. The van der Waals surface area contributed by atoms with E-state index in [1.165, 1.54) is 18.2 Å². The molecular formula is C23H22ClFN4O2. The Morgan fingerprint density at radius 3 is 2.65 bits per heavy atom. The topological polar surface area (TPSA) is 83.1 Å². The van der Waals surface area contributed by atoms with Crippen LogP contribution in [-0.4, -0.2) is 29.9 Å². The van der Waals surface area contributed by atoms with E-state index in [1.807, 2.05) is 24.3 Å². The number of carbonyl (C=O) groups excluding carboxylic acids is 2. The predicted octanol–water partition coefficient (Wildman–Crippen LogP) is 4.53. The van der Waals surface area contributed by atoms with Crippen molar-refractivity contribution in [2.24, 2.45) is 0 Å². The van der Waals surface area contributed by atoms with Crippen molar-refractivity contribution in [3.8, 4) is 0 Å². The van der Waals surface area contributed by atoms with Gasteiger partial charge in [-0.25, -0.2) is 4.39 Å². The standard InChI is InChI=1S/C23H22ClFN4O2/c24-16-6-7-19-20(10-13-27-21(19)14-16)26-11-1-2-12-28-22(30)8-9-23(31)29-18-5-3-4-17(25)15-18/h3-10,13-15H,1-2,11-12H2,(H,26,27)(H,28,30)(H,29,31)/b9-8+. The fourth-order valence-corrected chi connectivity index (χ4v) is 3.09. The molecule has 0 aliphatic heterocycles. The zero-order valence-electron chi connectivity index (χ0n) is 16.7. The van der Waals surface area contributed by atoms with Gasteiger partial charge in [-0.05, 0) is 55.3 Å². The Morgan fingerprint density at radius 2 is 1.81 bits per heavy atom. The Labute approximate surface area is 184 Å². The van der Waals surface area contributed by atoms with E-state index in [9.17, 15) is 14.0 Å². The highest BCUT2D eigenvalue weighted by Gasteiger charge is 2.03. The molecule has 1 aromatic heterocycles. The molecule has 0 aliphatic rings. The van der Waals surface area contributed by atoms with Gasteiger partial charge in [-0.15, -0.1) is 0 Å². The van der Waals surface area contributed by atoms with Gasteiger partial charge in [0.2, 0.25) is 11.8 Å². The van der Waals surface area contributed by atoms with Crippen LogP contribution in [0.1, 0.15) is 12.8 Å². The van der Waals surface area contributed by atoms with Gasteiger partial charge in [-0.1, -0.05) is 17.7 Å². The van der Waals surface area contributed by atoms with E-state index in [1.54, 1.807) is 12.3 Å². The van der Waals surface area contributed by atoms with Gasteiger partial charge in [0.25, 0.3) is 0 Å². The molecule has 3 N–H and O–H groups in total. The molecule has 0 unspecified atom stereocenters. The number of fused-ring (bicyclic) bond motifs is 1. The van der Waals surface area contributed by atoms with Gasteiger partial charge >= 0.3 is 0 Å². The molecule has 0 spiro atoms. The zero-order valence-corrected chi connectivity index (χ0v) is 17.5. The number of hydrogen-bond donors (Lipinski definition) is 3. The largest absolute Gasteiger partial charge is 0.384 e. The highest BCUT2D eigenvalue weighted by molar-refractivity contribution is 6.31. The summed E-state index contributed by atoms with van der Waals surface area (Å²) in [5.74, 6) is -1.31. The maximum atomic E-state index is 13.1. The molecule has 1 heterocycles. The van der Waals surface area contributed by atoms with E-state index >= 15 is 0 Å². The second-order valence-electron chi connectivity index (χ2n) is 6.78. The Hall–Kier alpha value is -3.45. The van der Waals surface area contributed by atoms with Gasteiger partial charge in [0.05, 0.1) is 5.52 Å². The van der Waals surface area contributed by atoms with Crippen molar-refractivity contribution >= 4 is 45.7 Å². The van der Waals surface area contributed by atoms with Crippen molar-refractivity contribution in [2.75, 3.05) is 23.7 Å². The van der Waals surface area contributed by atoms with Crippen LogP contribution in [0.2, 0.25) is 5.02 Å². The molecule has 2 aromatic carbocycles. The van der Waals surface area contributed by atoms with E-state index in [2.05, 4.69) is 20.9 Å². The van der Waals surface area contributed by atoms with Crippen LogP contribution in [0.25, 0.3) is 10.9 Å². The average Bonchev–Trinajstić information content (AvgIpc) is 2.74. The molecule has 0 fully saturated rings. The number of halogens is 2. The van der Waals surface area contributed by atoms with Gasteiger partial charge < -0.3 is 16.0 Å². The number of nitrogens with zero attached hydrogens (tertiary/aromatic N) is 1. The third kappa shape index (κ3) is 7.08. The van der Waals surface area contributed by atoms with Crippen LogP contribution in [0.4, 0.5) is 15.8 Å². The molecule has 8 heteroatoms. The number of carbonyl (C=O) groups is 2. The SMILES string of the molecule is O=C(/C=C/C(=O)Nc1cccc(F)c1)NCCCCNc1ccnc2cc(Cl)ccc12. The Kier molecular flexibility index (Phi) is 7.95. The summed E-state index contributed by atoms with van der Waals surface area (Å²) in [7, 11) is 0. The number of hydrogen-bond acceptors (Lipinski definition) is 4. The quantitative estimate of drug-likeness (QED) is 0.337. The zero-order chi connectivity index (χ0) is 22.1. The number of nitrogens with one attached hydrogen (secondary N) is 3. The first kappa shape index (κ1) is 22.2. The van der Waals surface area contributed by atoms with Crippen LogP contribution in [0.3, 0.4) is 0 Å². The summed E-state index contributed by atoms with van der Waals surface area (Å²) in [5.41, 5.74) is 2.14. The van der Waals surface area contributed by atoms with Gasteiger partial charge in [-0.3, -0.25) is 14.6 Å². The lowest BCUT2D eigenvalue weighted by molar-refractivity contribution is -0.117. The third-order valence-corrected chi connectivity index (χ3v) is 4.64. The monoisotopic (exact) mass is 440 g/mol. The second-order valence-corrected chi connectivity index (χ2v) is 7.21. The third-order valence-electron chi connectivity index (χ3n) is 4.40. The molecule has 31 heavy (non-hydrogen) atoms. The molecule has 0 saturated carbocycles. The molecule has 0 atom stereocenters. The number of benzene rings is 2. The predicted molar refractivity (Wildman–Crippen MR) is 122 cm³/mol. The summed E-state index contributed by atoms with van der Waals surface area (Å²) in [5, 5.41) is 10.2. The molecule has 0 bridgehead atoms. The summed E-state index contributed by atoms with van der Waals surface area (Å²) in [6.45, 7) is 1.23. The van der Waals surface area contributed by atoms with E-state index in [4.69, 9.17) is 11.6 Å². The van der Waals surface area contributed by atoms with Gasteiger partial charge in [-0.2, -0.15) is 0 Å². The molecule has 0 radical (unpaired) electrons. The molecular weight excluding hydrogens is 419 g/mol. The second kappa shape index (κ2) is 11.1. The van der Waals surface area contributed by atoms with Crippen LogP contribution >= 0.6 is 11.6 Å². The van der Waals surface area contributed by atoms with Crippen molar-refractivity contribution in [1.29, 1.82) is 0 Å².